The van der Waals surface area contributed by atoms with Gasteiger partial charge in [0.15, 0.2) is 0 Å². The summed E-state index contributed by atoms with van der Waals surface area (Å²) in [4.78, 5) is 48.5. The van der Waals surface area contributed by atoms with E-state index in [1.165, 1.54) is 0 Å². The summed E-state index contributed by atoms with van der Waals surface area (Å²) in [5, 5.41) is 9.30. The standard InChI is InChI=1S/C33H47N3O5/c1-6-9-20-34(18-7-2)31(40)28-33-23-24(4)32(5,41-33)26(27(33)30(39)36(28)21-14-11-15-22-37)29(38)35(19-8-3)25-16-12-10-13-17-25/h7-8,10,12-13,16-17,24,26-28,37H,2-3,6,9,11,14-15,18-23H2,1,4-5H3/t24?,26-,27-,28?,32+,33?/m0/s1. The van der Waals surface area contributed by atoms with Crippen LogP contribution in [0, 0.1) is 17.8 Å². The summed E-state index contributed by atoms with van der Waals surface area (Å²) in [5.41, 5.74) is -1.23. The molecule has 0 radical (unpaired) electrons. The van der Waals surface area contributed by atoms with Gasteiger partial charge in [0.25, 0.3) is 0 Å². The third-order valence-corrected chi connectivity index (χ3v) is 9.46. The topological polar surface area (TPSA) is 90.4 Å². The largest absolute Gasteiger partial charge is 0.396 e. The quantitative estimate of drug-likeness (QED) is 0.254. The van der Waals surface area contributed by atoms with Crippen LogP contribution in [0.2, 0.25) is 0 Å². The first-order valence-electron chi connectivity index (χ1n) is 15.2. The maximum absolute atomic E-state index is 14.5. The van der Waals surface area contributed by atoms with Crippen molar-refractivity contribution >= 4 is 23.4 Å². The molecule has 6 atom stereocenters. The predicted octanol–water partition coefficient (Wildman–Crippen LogP) is 4.19. The lowest BCUT2D eigenvalue weighted by atomic mass is 9.62. The van der Waals surface area contributed by atoms with Crippen LogP contribution < -0.4 is 4.90 Å². The molecule has 3 aliphatic rings. The maximum atomic E-state index is 14.5. The molecule has 3 unspecified atom stereocenters. The minimum atomic E-state index is -1.08. The number of carbonyl (C=O) groups is 3. The summed E-state index contributed by atoms with van der Waals surface area (Å²) in [6, 6.07) is 8.63. The number of amides is 3. The second-order valence-corrected chi connectivity index (χ2v) is 12.0. The lowest BCUT2D eigenvalue weighted by Crippen LogP contribution is -2.57. The van der Waals surface area contributed by atoms with E-state index in [4.69, 9.17) is 4.74 Å². The monoisotopic (exact) mass is 565 g/mol. The fourth-order valence-electron chi connectivity index (χ4n) is 7.40. The molecular weight excluding hydrogens is 518 g/mol. The van der Waals surface area contributed by atoms with Crippen LogP contribution in [0.1, 0.15) is 59.3 Å². The Kier molecular flexibility index (Phi) is 9.75. The number of aliphatic hydroxyl groups is 1. The number of benzene rings is 1. The molecule has 1 aromatic carbocycles. The first-order chi connectivity index (χ1) is 19.7. The molecule has 1 N–H and O–H groups in total. The minimum Gasteiger partial charge on any atom is -0.396 e. The van der Waals surface area contributed by atoms with Gasteiger partial charge in [-0.1, -0.05) is 50.6 Å². The Morgan fingerprint density at radius 2 is 1.80 bits per heavy atom. The number of para-hydroxylation sites is 1. The van der Waals surface area contributed by atoms with Crippen molar-refractivity contribution < 1.29 is 24.2 Å². The van der Waals surface area contributed by atoms with Crippen LogP contribution in [0.15, 0.2) is 55.6 Å². The molecule has 8 heteroatoms. The highest BCUT2D eigenvalue weighted by atomic mass is 16.5. The van der Waals surface area contributed by atoms with Gasteiger partial charge in [-0.05, 0) is 57.1 Å². The third-order valence-electron chi connectivity index (χ3n) is 9.46. The molecule has 4 rings (SSSR count). The van der Waals surface area contributed by atoms with E-state index in [9.17, 15) is 19.5 Å². The Bertz CT molecular complexity index is 1130. The summed E-state index contributed by atoms with van der Waals surface area (Å²) in [7, 11) is 0. The number of carbonyl (C=O) groups excluding carboxylic acids is 3. The van der Waals surface area contributed by atoms with E-state index in [0.29, 0.717) is 45.4 Å². The molecule has 3 amide bonds. The molecule has 2 bridgehead atoms. The van der Waals surface area contributed by atoms with Crippen molar-refractivity contribution in [3.63, 3.8) is 0 Å². The Balaban J connectivity index is 1.78. The summed E-state index contributed by atoms with van der Waals surface area (Å²) < 4.78 is 6.93. The van der Waals surface area contributed by atoms with Crippen molar-refractivity contribution in [3.05, 3.63) is 55.6 Å². The molecule has 3 saturated heterocycles. The zero-order valence-corrected chi connectivity index (χ0v) is 25.0. The van der Waals surface area contributed by atoms with Crippen molar-refractivity contribution in [1.29, 1.82) is 0 Å². The first-order valence-corrected chi connectivity index (χ1v) is 15.2. The van der Waals surface area contributed by atoms with Gasteiger partial charge in [0.1, 0.15) is 11.6 Å². The first kappa shape index (κ1) is 31.0. The maximum Gasteiger partial charge on any atom is 0.248 e. The van der Waals surface area contributed by atoms with Gasteiger partial charge in [0.2, 0.25) is 17.7 Å². The van der Waals surface area contributed by atoms with Crippen molar-refractivity contribution in [2.24, 2.45) is 17.8 Å². The molecule has 3 fully saturated rings. The number of nitrogens with zero attached hydrogens (tertiary/aromatic N) is 3. The smallest absolute Gasteiger partial charge is 0.248 e. The van der Waals surface area contributed by atoms with E-state index < -0.39 is 29.1 Å². The highest BCUT2D eigenvalue weighted by molar-refractivity contribution is 6.03. The number of likely N-dealkylation sites (tertiary alicyclic amines) is 1. The highest BCUT2D eigenvalue weighted by Gasteiger charge is 2.80. The van der Waals surface area contributed by atoms with E-state index >= 15 is 0 Å². The lowest BCUT2D eigenvalue weighted by molar-refractivity contribution is -0.152. The van der Waals surface area contributed by atoms with Crippen LogP contribution in [0.5, 0.6) is 0 Å². The molecule has 3 heterocycles. The molecule has 0 aliphatic carbocycles. The number of hydrogen-bond donors (Lipinski definition) is 1. The van der Waals surface area contributed by atoms with Crippen molar-refractivity contribution in [1.82, 2.24) is 9.80 Å². The number of rotatable bonds is 15. The van der Waals surface area contributed by atoms with E-state index in [-0.39, 0.29) is 30.2 Å². The zero-order chi connectivity index (χ0) is 29.8. The summed E-state index contributed by atoms with van der Waals surface area (Å²) >= 11 is 0. The molecule has 0 saturated carbocycles. The Labute approximate surface area is 245 Å². The second-order valence-electron chi connectivity index (χ2n) is 12.0. The summed E-state index contributed by atoms with van der Waals surface area (Å²) in [6.07, 6.45) is 7.76. The van der Waals surface area contributed by atoms with E-state index in [2.05, 4.69) is 27.0 Å². The van der Waals surface area contributed by atoms with Crippen LogP contribution in [0.4, 0.5) is 5.69 Å². The summed E-state index contributed by atoms with van der Waals surface area (Å²) in [5.74, 6) is -2.01. The van der Waals surface area contributed by atoms with Gasteiger partial charge in [0, 0.05) is 38.5 Å². The van der Waals surface area contributed by atoms with Crippen molar-refractivity contribution in [2.45, 2.75) is 76.5 Å². The van der Waals surface area contributed by atoms with Crippen molar-refractivity contribution in [3.8, 4) is 0 Å². The normalized spacial score (nSPS) is 29.9. The van der Waals surface area contributed by atoms with E-state index in [1.807, 2.05) is 37.3 Å². The molecule has 41 heavy (non-hydrogen) atoms. The molecular formula is C33H47N3O5. The molecule has 1 spiro atoms. The van der Waals surface area contributed by atoms with Gasteiger partial charge in [-0.25, -0.2) is 0 Å². The second kappa shape index (κ2) is 12.9. The van der Waals surface area contributed by atoms with Crippen LogP contribution in [-0.4, -0.2) is 82.7 Å². The van der Waals surface area contributed by atoms with Gasteiger partial charge >= 0.3 is 0 Å². The van der Waals surface area contributed by atoms with Crippen LogP contribution in [0.3, 0.4) is 0 Å². The molecule has 3 aliphatic heterocycles. The molecule has 224 valence electrons. The third kappa shape index (κ3) is 5.37. The van der Waals surface area contributed by atoms with Gasteiger partial charge in [-0.15, -0.1) is 13.2 Å². The number of aliphatic hydroxyl groups excluding tert-OH is 1. The molecule has 1 aromatic rings. The Morgan fingerprint density at radius 1 is 1.10 bits per heavy atom. The Morgan fingerprint density at radius 3 is 2.44 bits per heavy atom. The SMILES string of the molecule is C=CCN(CCCC)C(=O)C1N(CCCCCO)C(=O)[C@@H]2[C@@H](C(=O)N(CC=C)c3ccccc3)[C@]3(C)OC12CC3C. The number of unbranched alkanes of at least 4 members (excludes halogenated alkanes) is 3. The van der Waals surface area contributed by atoms with Gasteiger partial charge < -0.3 is 24.5 Å². The number of fused-ring (bicyclic) bond motifs is 1. The lowest BCUT2D eigenvalue weighted by Gasteiger charge is -2.39. The van der Waals surface area contributed by atoms with Crippen LogP contribution in [0.25, 0.3) is 0 Å². The van der Waals surface area contributed by atoms with Gasteiger partial charge in [-0.3, -0.25) is 14.4 Å². The summed E-state index contributed by atoms with van der Waals surface area (Å²) in [6.45, 7) is 15.6. The zero-order valence-electron chi connectivity index (χ0n) is 25.0. The van der Waals surface area contributed by atoms with E-state index in [0.717, 1.165) is 24.9 Å². The van der Waals surface area contributed by atoms with Crippen molar-refractivity contribution in [2.75, 3.05) is 37.7 Å². The molecule has 0 aromatic heterocycles. The fraction of sp³-hybridized carbons (Fsp3) is 0.606. The average molecular weight is 566 g/mol. The number of anilines is 1. The highest BCUT2D eigenvalue weighted by Crippen LogP contribution is 2.65. The van der Waals surface area contributed by atoms with Gasteiger partial charge in [0.05, 0.1) is 17.4 Å². The van der Waals surface area contributed by atoms with Gasteiger partial charge in [-0.2, -0.15) is 0 Å². The fourth-order valence-corrected chi connectivity index (χ4v) is 7.40. The molecule has 8 nitrogen and oxygen atoms in total. The average Bonchev–Trinajstić information content (AvgIpc) is 3.48. The van der Waals surface area contributed by atoms with Crippen LogP contribution in [-0.2, 0) is 19.1 Å². The predicted molar refractivity (Wildman–Crippen MR) is 160 cm³/mol. The Hall–Kier alpha value is -2.97. The number of hydrogen-bond acceptors (Lipinski definition) is 5. The van der Waals surface area contributed by atoms with E-state index in [1.54, 1.807) is 26.9 Å². The number of ether oxygens (including phenoxy) is 1. The van der Waals surface area contributed by atoms with Crippen LogP contribution >= 0.6 is 0 Å². The minimum absolute atomic E-state index is 0.0324.